The highest BCUT2D eigenvalue weighted by Gasteiger charge is 2.42. The lowest BCUT2D eigenvalue weighted by Crippen LogP contribution is -2.57. The number of benzene rings is 2. The van der Waals surface area contributed by atoms with Crippen molar-refractivity contribution in [1.82, 2.24) is 10.2 Å². The second-order valence-corrected chi connectivity index (χ2v) is 8.41. The summed E-state index contributed by atoms with van der Waals surface area (Å²) in [7, 11) is 1.54. The number of esters is 1. The Kier molecular flexibility index (Phi) is 7.37. The lowest BCUT2D eigenvalue weighted by molar-refractivity contribution is -0.153. The fraction of sp³-hybridized carbons (Fsp3) is 0.400. The number of halogens is 3. The van der Waals surface area contributed by atoms with Crippen LogP contribution in [0, 0.1) is 5.92 Å². The minimum absolute atomic E-state index is 0.131. The van der Waals surface area contributed by atoms with Crippen molar-refractivity contribution in [2.75, 3.05) is 44.8 Å². The molecule has 2 unspecified atom stereocenters. The minimum atomic E-state index is -4.41. The van der Waals surface area contributed by atoms with Gasteiger partial charge in [0.2, 0.25) is 11.9 Å². The molecule has 2 aromatic carbocycles. The number of alkyl halides is 3. The van der Waals surface area contributed by atoms with Gasteiger partial charge in [0.05, 0.1) is 19.3 Å². The number of nitrogens with zero attached hydrogens (tertiary/aromatic N) is 3. The predicted molar refractivity (Wildman–Crippen MR) is 127 cm³/mol. The first-order valence-electron chi connectivity index (χ1n) is 11.6. The SMILES string of the molecule is CCOC(=O)C1C(=O)NC(N2CCN(c3cccc(C(F)(F)F)c3)CC2)=NC1c1ccc(OC)cc1. The van der Waals surface area contributed by atoms with Crippen LogP contribution in [0.25, 0.3) is 0 Å². The zero-order valence-corrected chi connectivity index (χ0v) is 19.9. The van der Waals surface area contributed by atoms with Gasteiger partial charge in [-0.15, -0.1) is 0 Å². The summed E-state index contributed by atoms with van der Waals surface area (Å²) in [6, 6.07) is 11.4. The molecular formula is C25H27F3N4O4. The number of anilines is 1. The van der Waals surface area contributed by atoms with Crippen molar-refractivity contribution in [2.45, 2.75) is 19.1 Å². The summed E-state index contributed by atoms with van der Waals surface area (Å²) in [5, 5.41) is 2.73. The van der Waals surface area contributed by atoms with Gasteiger partial charge in [0.1, 0.15) is 11.8 Å². The molecule has 1 fully saturated rings. The highest BCUT2D eigenvalue weighted by atomic mass is 19.4. The summed E-state index contributed by atoms with van der Waals surface area (Å²) in [5.74, 6) is -1.37. The molecular weight excluding hydrogens is 477 g/mol. The number of guanidine groups is 1. The lowest BCUT2D eigenvalue weighted by atomic mass is 9.91. The molecule has 2 aliphatic heterocycles. The van der Waals surface area contributed by atoms with E-state index < -0.39 is 35.6 Å². The van der Waals surface area contributed by atoms with Crippen molar-refractivity contribution in [1.29, 1.82) is 0 Å². The average Bonchev–Trinajstić information content (AvgIpc) is 2.88. The molecule has 192 valence electrons. The molecule has 1 saturated heterocycles. The number of rotatable bonds is 5. The van der Waals surface area contributed by atoms with E-state index in [9.17, 15) is 22.8 Å². The average molecular weight is 505 g/mol. The molecule has 36 heavy (non-hydrogen) atoms. The van der Waals surface area contributed by atoms with Gasteiger partial charge in [0, 0.05) is 31.9 Å². The third-order valence-corrected chi connectivity index (χ3v) is 6.21. The Morgan fingerprint density at radius 3 is 2.36 bits per heavy atom. The maximum absolute atomic E-state index is 13.1. The van der Waals surface area contributed by atoms with Gasteiger partial charge < -0.3 is 19.3 Å². The molecule has 8 nitrogen and oxygen atoms in total. The Hall–Kier alpha value is -3.76. The van der Waals surface area contributed by atoms with Crippen LogP contribution in [0.1, 0.15) is 24.1 Å². The first kappa shape index (κ1) is 25.3. The topological polar surface area (TPSA) is 83.5 Å². The highest BCUT2D eigenvalue weighted by Crippen LogP contribution is 2.33. The van der Waals surface area contributed by atoms with Crippen LogP contribution >= 0.6 is 0 Å². The normalized spacial score (nSPS) is 20.5. The Labute approximate surface area is 206 Å². The Morgan fingerprint density at radius 1 is 1.08 bits per heavy atom. The number of carbonyl (C=O) groups is 2. The van der Waals surface area contributed by atoms with E-state index in [-0.39, 0.29) is 6.61 Å². The number of hydrogen-bond acceptors (Lipinski definition) is 7. The molecule has 0 radical (unpaired) electrons. The van der Waals surface area contributed by atoms with Gasteiger partial charge in [0.15, 0.2) is 5.92 Å². The number of amides is 1. The number of nitrogens with one attached hydrogen (secondary N) is 1. The molecule has 0 saturated carbocycles. The Bertz CT molecular complexity index is 1130. The van der Waals surface area contributed by atoms with Crippen LogP contribution in [0.5, 0.6) is 5.75 Å². The van der Waals surface area contributed by atoms with Gasteiger partial charge >= 0.3 is 12.1 Å². The van der Waals surface area contributed by atoms with E-state index >= 15 is 0 Å². The maximum atomic E-state index is 13.1. The van der Waals surface area contributed by atoms with E-state index in [1.807, 2.05) is 9.80 Å². The van der Waals surface area contributed by atoms with Crippen molar-refractivity contribution in [3.8, 4) is 5.75 Å². The Morgan fingerprint density at radius 2 is 1.75 bits per heavy atom. The van der Waals surface area contributed by atoms with Gasteiger partial charge in [-0.2, -0.15) is 13.2 Å². The molecule has 1 N–H and O–H groups in total. The largest absolute Gasteiger partial charge is 0.497 e. The van der Waals surface area contributed by atoms with Crippen molar-refractivity contribution < 1.29 is 32.2 Å². The summed E-state index contributed by atoms with van der Waals surface area (Å²) in [5.41, 5.74) is 0.445. The molecule has 1 amide bonds. The summed E-state index contributed by atoms with van der Waals surface area (Å²) < 4.78 is 49.7. The zero-order valence-electron chi connectivity index (χ0n) is 19.9. The maximum Gasteiger partial charge on any atom is 0.416 e. The molecule has 0 bridgehead atoms. The van der Waals surface area contributed by atoms with E-state index in [0.29, 0.717) is 49.1 Å². The van der Waals surface area contributed by atoms with E-state index in [1.165, 1.54) is 6.07 Å². The molecule has 2 aromatic rings. The molecule has 2 atom stereocenters. The molecule has 0 aliphatic carbocycles. The predicted octanol–water partition coefficient (Wildman–Crippen LogP) is 3.24. The second kappa shape index (κ2) is 10.5. The summed E-state index contributed by atoms with van der Waals surface area (Å²) in [4.78, 5) is 34.1. The number of aliphatic imine (C=N–C) groups is 1. The van der Waals surface area contributed by atoms with Crippen LogP contribution in [0.4, 0.5) is 18.9 Å². The van der Waals surface area contributed by atoms with Crippen molar-refractivity contribution in [3.05, 3.63) is 59.7 Å². The van der Waals surface area contributed by atoms with E-state index in [2.05, 4.69) is 5.32 Å². The van der Waals surface area contributed by atoms with Gasteiger partial charge in [-0.25, -0.2) is 4.99 Å². The molecule has 0 spiro atoms. The third-order valence-electron chi connectivity index (χ3n) is 6.21. The fourth-order valence-corrected chi connectivity index (χ4v) is 4.32. The number of hydrogen-bond donors (Lipinski definition) is 1. The molecule has 11 heteroatoms. The fourth-order valence-electron chi connectivity index (χ4n) is 4.32. The van der Waals surface area contributed by atoms with Crippen LogP contribution < -0.4 is 15.0 Å². The van der Waals surface area contributed by atoms with Gasteiger partial charge in [0.25, 0.3) is 0 Å². The quantitative estimate of drug-likeness (QED) is 0.497. The van der Waals surface area contributed by atoms with Crippen LogP contribution in [0.15, 0.2) is 53.5 Å². The second-order valence-electron chi connectivity index (χ2n) is 8.41. The first-order chi connectivity index (χ1) is 17.2. The standard InChI is InChI=1S/C25H27F3N4O4/c1-3-36-23(34)20-21(16-7-9-19(35-2)10-8-16)29-24(30-22(20)33)32-13-11-31(12-14-32)18-6-4-5-17(15-18)25(26,27)28/h4-10,15,20-21H,3,11-14H2,1-2H3,(H,29,30,33). The summed E-state index contributed by atoms with van der Waals surface area (Å²) in [6.07, 6.45) is -4.41. The first-order valence-corrected chi connectivity index (χ1v) is 11.6. The minimum Gasteiger partial charge on any atom is -0.497 e. The number of carbonyl (C=O) groups excluding carboxylic acids is 2. The van der Waals surface area contributed by atoms with Gasteiger partial charge in [-0.1, -0.05) is 18.2 Å². The Balaban J connectivity index is 1.54. The summed E-state index contributed by atoms with van der Waals surface area (Å²) >= 11 is 0. The van der Waals surface area contributed by atoms with E-state index in [4.69, 9.17) is 14.5 Å². The van der Waals surface area contributed by atoms with E-state index in [0.717, 1.165) is 12.1 Å². The number of piperazine rings is 1. The lowest BCUT2D eigenvalue weighted by Gasteiger charge is -2.39. The van der Waals surface area contributed by atoms with E-state index in [1.54, 1.807) is 44.4 Å². The molecule has 0 aromatic heterocycles. The van der Waals surface area contributed by atoms with Crippen LogP contribution in [0.3, 0.4) is 0 Å². The molecule has 4 rings (SSSR count). The molecule has 2 aliphatic rings. The number of methoxy groups -OCH3 is 1. The monoisotopic (exact) mass is 504 g/mol. The number of ether oxygens (including phenoxy) is 2. The highest BCUT2D eigenvalue weighted by molar-refractivity contribution is 6.08. The molecule has 2 heterocycles. The van der Waals surface area contributed by atoms with Crippen molar-refractivity contribution >= 4 is 23.5 Å². The van der Waals surface area contributed by atoms with Crippen molar-refractivity contribution in [3.63, 3.8) is 0 Å². The zero-order chi connectivity index (χ0) is 25.9. The van der Waals surface area contributed by atoms with Crippen LogP contribution in [0.2, 0.25) is 0 Å². The van der Waals surface area contributed by atoms with Crippen LogP contribution in [-0.4, -0.2) is 62.6 Å². The van der Waals surface area contributed by atoms with Crippen LogP contribution in [-0.2, 0) is 20.5 Å². The third kappa shape index (κ3) is 5.39. The van der Waals surface area contributed by atoms with Gasteiger partial charge in [-0.3, -0.25) is 14.9 Å². The van der Waals surface area contributed by atoms with Gasteiger partial charge in [-0.05, 0) is 42.8 Å². The summed E-state index contributed by atoms with van der Waals surface area (Å²) in [6.45, 7) is 3.52. The smallest absolute Gasteiger partial charge is 0.416 e. The van der Waals surface area contributed by atoms with Crippen molar-refractivity contribution in [2.24, 2.45) is 10.9 Å².